The summed E-state index contributed by atoms with van der Waals surface area (Å²) in [6, 6.07) is 19.3. The van der Waals surface area contributed by atoms with Crippen LogP contribution in [0.15, 0.2) is 73.2 Å². The van der Waals surface area contributed by atoms with Gasteiger partial charge in [0.25, 0.3) is 0 Å². The van der Waals surface area contributed by atoms with Gasteiger partial charge in [-0.2, -0.15) is 10.2 Å². The molecule has 32 heavy (non-hydrogen) atoms. The Hall–Kier alpha value is -3.14. The van der Waals surface area contributed by atoms with Gasteiger partial charge in [0.2, 0.25) is 0 Å². The summed E-state index contributed by atoms with van der Waals surface area (Å²) in [4.78, 5) is 0. The van der Waals surface area contributed by atoms with Crippen molar-refractivity contribution in [2.45, 2.75) is 54.4 Å². The lowest BCUT2D eigenvalue weighted by Crippen LogP contribution is -2.12. The van der Waals surface area contributed by atoms with Crippen LogP contribution in [0.25, 0.3) is 22.6 Å². The zero-order valence-corrected chi connectivity index (χ0v) is 20.1. The van der Waals surface area contributed by atoms with Crippen molar-refractivity contribution in [1.82, 2.24) is 19.6 Å². The smallest absolute Gasteiger partial charge is 0.0949 e. The van der Waals surface area contributed by atoms with E-state index in [2.05, 4.69) is 101 Å². The minimum Gasteiger partial charge on any atom is -0.240 e. The summed E-state index contributed by atoms with van der Waals surface area (Å²) in [5.74, 6) is 0. The van der Waals surface area contributed by atoms with Gasteiger partial charge in [-0.15, -0.1) is 0 Å². The molecule has 4 nitrogen and oxygen atoms in total. The summed E-state index contributed by atoms with van der Waals surface area (Å²) in [7, 11) is 0. The minimum atomic E-state index is 0.211. The Morgan fingerprint density at radius 1 is 0.719 bits per heavy atom. The van der Waals surface area contributed by atoms with Crippen LogP contribution in [0.3, 0.4) is 0 Å². The van der Waals surface area contributed by atoms with E-state index in [1.807, 2.05) is 27.8 Å². The lowest BCUT2D eigenvalue weighted by molar-refractivity contribution is 0.410. The summed E-state index contributed by atoms with van der Waals surface area (Å²) in [5.41, 5.74) is 7.28. The number of nitrogens with zero attached hydrogens (tertiary/aromatic N) is 4. The molecule has 4 aromatic rings. The van der Waals surface area contributed by atoms with Crippen LogP contribution >= 0.6 is 0 Å². The van der Waals surface area contributed by atoms with Gasteiger partial charge in [0, 0.05) is 24.2 Å². The molecule has 2 aromatic carbocycles. The predicted octanol–water partition coefficient (Wildman–Crippen LogP) is 6.90. The summed E-state index contributed by atoms with van der Waals surface area (Å²) in [6.45, 7) is 13.6. The van der Waals surface area contributed by atoms with Crippen molar-refractivity contribution < 1.29 is 0 Å². The van der Waals surface area contributed by atoms with E-state index in [-0.39, 0.29) is 10.8 Å². The summed E-state index contributed by atoms with van der Waals surface area (Å²) in [6.07, 6.45) is 7.89. The van der Waals surface area contributed by atoms with E-state index in [0.717, 1.165) is 35.5 Å². The van der Waals surface area contributed by atoms with Crippen molar-refractivity contribution in [2.24, 2.45) is 10.8 Å². The second kappa shape index (κ2) is 8.42. The van der Waals surface area contributed by atoms with Crippen molar-refractivity contribution in [1.29, 1.82) is 0 Å². The summed E-state index contributed by atoms with van der Waals surface area (Å²) < 4.78 is 3.94. The fraction of sp³-hybridized carbons (Fsp3) is 0.357. The van der Waals surface area contributed by atoms with Crippen molar-refractivity contribution >= 4 is 0 Å². The number of benzene rings is 2. The van der Waals surface area contributed by atoms with E-state index in [4.69, 9.17) is 5.10 Å². The lowest BCUT2D eigenvalue weighted by atomic mass is 9.87. The number of rotatable bonds is 5. The van der Waals surface area contributed by atoms with Crippen LogP contribution in [0.5, 0.6) is 0 Å². The number of hydrogen-bond donors (Lipinski definition) is 0. The average Bonchev–Trinajstić information content (AvgIpc) is 3.38. The molecule has 0 aliphatic carbocycles. The topological polar surface area (TPSA) is 35.6 Å². The maximum atomic E-state index is 4.99. The fourth-order valence-electron chi connectivity index (χ4n) is 4.17. The van der Waals surface area contributed by atoms with Crippen molar-refractivity contribution in [3.05, 3.63) is 84.3 Å². The maximum Gasteiger partial charge on any atom is 0.0949 e. The van der Waals surface area contributed by atoms with E-state index in [9.17, 15) is 0 Å². The molecule has 4 rings (SSSR count). The Morgan fingerprint density at radius 2 is 1.47 bits per heavy atom. The molecular weight excluding hydrogens is 392 g/mol. The lowest BCUT2D eigenvalue weighted by Gasteiger charge is -2.20. The van der Waals surface area contributed by atoms with Gasteiger partial charge in [-0.05, 0) is 59.1 Å². The largest absolute Gasteiger partial charge is 0.240 e. The molecule has 0 saturated heterocycles. The zero-order chi connectivity index (χ0) is 22.9. The Labute approximate surface area is 191 Å². The van der Waals surface area contributed by atoms with Gasteiger partial charge in [0.15, 0.2) is 0 Å². The Bertz CT molecular complexity index is 1180. The monoisotopic (exact) mass is 426 g/mol. The molecule has 2 heterocycles. The molecule has 166 valence electrons. The second-order valence-electron chi connectivity index (χ2n) is 11.1. The molecule has 0 saturated carbocycles. The van der Waals surface area contributed by atoms with Crippen LogP contribution in [0, 0.1) is 10.8 Å². The maximum absolute atomic E-state index is 4.99. The molecule has 0 fully saturated rings. The van der Waals surface area contributed by atoms with E-state index in [1.54, 1.807) is 0 Å². The molecule has 0 atom stereocenters. The first-order chi connectivity index (χ1) is 15.1. The first-order valence-corrected chi connectivity index (χ1v) is 11.4. The van der Waals surface area contributed by atoms with Crippen LogP contribution in [0.1, 0.15) is 52.7 Å². The molecule has 0 N–H and O–H groups in total. The first kappa shape index (κ1) is 22.1. The normalized spacial score (nSPS) is 12.3. The average molecular weight is 427 g/mol. The van der Waals surface area contributed by atoms with Crippen molar-refractivity contribution in [2.75, 3.05) is 0 Å². The Morgan fingerprint density at radius 3 is 2.16 bits per heavy atom. The summed E-state index contributed by atoms with van der Waals surface area (Å²) >= 11 is 0. The highest BCUT2D eigenvalue weighted by Crippen LogP contribution is 2.31. The predicted molar refractivity (Wildman–Crippen MR) is 132 cm³/mol. The van der Waals surface area contributed by atoms with E-state index in [1.165, 1.54) is 11.1 Å². The Kier molecular flexibility index (Phi) is 5.81. The van der Waals surface area contributed by atoms with Crippen LogP contribution < -0.4 is 0 Å². The van der Waals surface area contributed by atoms with Crippen molar-refractivity contribution in [3.8, 4) is 22.6 Å². The molecular formula is C28H34N4. The standard InChI is InChI=1S/C28H34N4/c1-27(2,3)19-21-12-13-23(26(18-21)31-16-9-15-29-31)24-14-17-32(30-24)25-11-8-7-10-22(25)20-28(4,5)6/h7-18H,19-20H2,1-6H3. The summed E-state index contributed by atoms with van der Waals surface area (Å²) in [5, 5.41) is 9.50. The molecule has 0 spiro atoms. The number of aromatic nitrogens is 4. The van der Waals surface area contributed by atoms with Crippen LogP contribution in [-0.2, 0) is 12.8 Å². The van der Waals surface area contributed by atoms with Crippen molar-refractivity contribution in [3.63, 3.8) is 0 Å². The molecule has 0 unspecified atom stereocenters. The number of hydrogen-bond acceptors (Lipinski definition) is 2. The third-order valence-corrected chi connectivity index (χ3v) is 5.37. The van der Waals surface area contributed by atoms with Gasteiger partial charge in [-0.1, -0.05) is 71.9 Å². The Balaban J connectivity index is 1.75. The van der Waals surface area contributed by atoms with Gasteiger partial charge in [-0.25, -0.2) is 9.36 Å². The van der Waals surface area contributed by atoms with E-state index in [0.29, 0.717) is 0 Å². The molecule has 0 amide bonds. The fourth-order valence-corrected chi connectivity index (χ4v) is 4.17. The van der Waals surface area contributed by atoms with Gasteiger partial charge < -0.3 is 0 Å². The highest BCUT2D eigenvalue weighted by atomic mass is 15.3. The SMILES string of the molecule is CC(C)(C)Cc1ccc(-c2ccn(-c3ccccc3CC(C)(C)C)n2)c(-n2cccn2)c1. The van der Waals surface area contributed by atoms with E-state index < -0.39 is 0 Å². The molecule has 4 heteroatoms. The molecule has 0 aliphatic heterocycles. The second-order valence-corrected chi connectivity index (χ2v) is 11.1. The highest BCUT2D eigenvalue weighted by molar-refractivity contribution is 5.70. The minimum absolute atomic E-state index is 0.211. The van der Waals surface area contributed by atoms with Crippen LogP contribution in [-0.4, -0.2) is 19.6 Å². The van der Waals surface area contributed by atoms with Gasteiger partial charge in [0.05, 0.1) is 17.1 Å². The first-order valence-electron chi connectivity index (χ1n) is 11.4. The third kappa shape index (κ3) is 5.18. The van der Waals surface area contributed by atoms with Crippen LogP contribution in [0.4, 0.5) is 0 Å². The quantitative estimate of drug-likeness (QED) is 0.348. The van der Waals surface area contributed by atoms with Gasteiger partial charge in [-0.3, -0.25) is 0 Å². The van der Waals surface area contributed by atoms with Crippen LogP contribution in [0.2, 0.25) is 0 Å². The molecule has 0 radical (unpaired) electrons. The molecule has 0 bridgehead atoms. The molecule has 0 aliphatic rings. The third-order valence-electron chi connectivity index (χ3n) is 5.37. The zero-order valence-electron chi connectivity index (χ0n) is 20.1. The molecule has 2 aromatic heterocycles. The van der Waals surface area contributed by atoms with Gasteiger partial charge in [0.1, 0.15) is 0 Å². The van der Waals surface area contributed by atoms with Gasteiger partial charge >= 0.3 is 0 Å². The number of para-hydroxylation sites is 1. The van der Waals surface area contributed by atoms with E-state index >= 15 is 0 Å². The highest BCUT2D eigenvalue weighted by Gasteiger charge is 2.18.